The zero-order valence-electron chi connectivity index (χ0n) is 16.9. The molecular weight excluding hydrogens is 392 g/mol. The molecule has 3 aromatic rings. The van der Waals surface area contributed by atoms with Crippen LogP contribution in [0.15, 0.2) is 73.1 Å². The molecule has 0 N–H and O–H groups in total. The Labute approximate surface area is 180 Å². The Balaban J connectivity index is 1.27. The highest BCUT2D eigenvalue weighted by Crippen LogP contribution is 2.44. The van der Waals surface area contributed by atoms with Gasteiger partial charge in [-0.2, -0.15) is 0 Å². The second-order valence-corrected chi connectivity index (χ2v) is 7.78. The van der Waals surface area contributed by atoms with Crippen molar-refractivity contribution in [1.29, 1.82) is 0 Å². The van der Waals surface area contributed by atoms with Gasteiger partial charge in [0.2, 0.25) is 0 Å². The van der Waals surface area contributed by atoms with Gasteiger partial charge in [-0.25, -0.2) is 9.59 Å². The van der Waals surface area contributed by atoms with Crippen molar-refractivity contribution in [2.75, 3.05) is 13.3 Å². The van der Waals surface area contributed by atoms with Crippen molar-refractivity contribution >= 4 is 12.1 Å². The smallest absolute Gasteiger partial charge is 0.413 e. The van der Waals surface area contributed by atoms with Gasteiger partial charge in [0.05, 0.1) is 0 Å². The Bertz CT molecular complexity index is 1070. The van der Waals surface area contributed by atoms with Crippen LogP contribution >= 0.6 is 0 Å². The van der Waals surface area contributed by atoms with Gasteiger partial charge in [0, 0.05) is 18.3 Å². The van der Waals surface area contributed by atoms with E-state index in [2.05, 4.69) is 29.2 Å². The third-order valence-corrected chi connectivity index (χ3v) is 6.02. The molecule has 1 aliphatic carbocycles. The molecule has 0 radical (unpaired) electrons. The zero-order valence-corrected chi connectivity index (χ0v) is 16.9. The maximum absolute atomic E-state index is 12.9. The lowest BCUT2D eigenvalue weighted by Gasteiger charge is -2.21. The quantitative estimate of drug-likeness (QED) is 0.587. The Morgan fingerprint density at radius 3 is 2.32 bits per heavy atom. The number of cyclic esters (lactones) is 1. The lowest BCUT2D eigenvalue weighted by molar-refractivity contribution is -0.139. The highest BCUT2D eigenvalue weighted by molar-refractivity contribution is 5.84. The molecule has 5 rings (SSSR count). The first kappa shape index (κ1) is 19.3. The number of hydrogen-bond donors (Lipinski definition) is 0. The van der Waals surface area contributed by atoms with Crippen LogP contribution in [0.1, 0.15) is 29.0 Å². The highest BCUT2D eigenvalue weighted by Gasteiger charge is 2.39. The molecule has 31 heavy (non-hydrogen) atoms. The van der Waals surface area contributed by atoms with Gasteiger partial charge in [0.1, 0.15) is 12.6 Å². The second kappa shape index (κ2) is 8.22. The first-order valence-corrected chi connectivity index (χ1v) is 10.4. The predicted octanol–water partition coefficient (Wildman–Crippen LogP) is 4.15. The number of nitrogens with zero attached hydrogens (tertiary/aromatic N) is 2. The van der Waals surface area contributed by atoms with Crippen LogP contribution in [0.25, 0.3) is 11.1 Å². The molecule has 0 saturated carbocycles. The third kappa shape index (κ3) is 3.65. The minimum atomic E-state index is -0.635. The van der Waals surface area contributed by atoms with E-state index < -0.39 is 12.1 Å². The van der Waals surface area contributed by atoms with E-state index in [-0.39, 0.29) is 25.2 Å². The zero-order chi connectivity index (χ0) is 21.2. The summed E-state index contributed by atoms with van der Waals surface area (Å²) in [7, 11) is 0. The van der Waals surface area contributed by atoms with E-state index in [4.69, 9.17) is 9.47 Å². The Hall–Kier alpha value is -3.67. The van der Waals surface area contributed by atoms with E-state index in [0.29, 0.717) is 12.8 Å². The number of hydrogen-bond acceptors (Lipinski definition) is 5. The van der Waals surface area contributed by atoms with E-state index in [1.54, 1.807) is 12.4 Å². The van der Waals surface area contributed by atoms with Crippen LogP contribution in [0, 0.1) is 0 Å². The summed E-state index contributed by atoms with van der Waals surface area (Å²) in [6.07, 6.45) is 4.03. The average Bonchev–Trinajstić information content (AvgIpc) is 3.34. The van der Waals surface area contributed by atoms with Crippen LogP contribution in [-0.2, 0) is 20.7 Å². The average molecular weight is 414 g/mol. The first-order valence-electron chi connectivity index (χ1n) is 10.4. The number of aryl methyl sites for hydroxylation is 1. The van der Waals surface area contributed by atoms with Gasteiger partial charge >= 0.3 is 12.1 Å². The van der Waals surface area contributed by atoms with Crippen LogP contribution in [-0.4, -0.2) is 41.3 Å². The molecule has 1 fully saturated rings. The topological polar surface area (TPSA) is 68.7 Å². The number of carbonyl (C=O) groups is 2. The molecule has 0 bridgehead atoms. The molecule has 2 heterocycles. The molecule has 1 amide bonds. The normalized spacial score (nSPS) is 17.2. The summed E-state index contributed by atoms with van der Waals surface area (Å²) in [5.41, 5.74) is 5.71. The Morgan fingerprint density at radius 2 is 1.65 bits per heavy atom. The fourth-order valence-corrected chi connectivity index (χ4v) is 4.43. The number of pyridine rings is 1. The van der Waals surface area contributed by atoms with E-state index in [0.717, 1.165) is 16.7 Å². The standard InChI is InChI=1S/C25H22N2O4/c28-24-23(10-9-17-11-13-26-14-12-17)27(16-31-24)25(29)30-15-22-20-7-3-1-5-18(20)19-6-2-4-8-21(19)22/h1-8,11-14,22-23H,9-10,15-16H2/t23-/m0/s1. The summed E-state index contributed by atoms with van der Waals surface area (Å²) < 4.78 is 10.8. The van der Waals surface area contributed by atoms with Crippen molar-refractivity contribution in [2.45, 2.75) is 24.8 Å². The molecular formula is C25H22N2O4. The van der Waals surface area contributed by atoms with E-state index >= 15 is 0 Å². The van der Waals surface area contributed by atoms with Crippen molar-refractivity contribution in [2.24, 2.45) is 0 Å². The lowest BCUT2D eigenvalue weighted by Crippen LogP contribution is -2.39. The largest absolute Gasteiger partial charge is 0.448 e. The van der Waals surface area contributed by atoms with Crippen molar-refractivity contribution in [3.8, 4) is 11.1 Å². The van der Waals surface area contributed by atoms with Crippen molar-refractivity contribution in [1.82, 2.24) is 9.88 Å². The molecule has 6 heteroatoms. The van der Waals surface area contributed by atoms with Gasteiger partial charge in [-0.3, -0.25) is 9.88 Å². The SMILES string of the molecule is O=C1OCN(C(=O)OCC2c3ccccc3-c3ccccc32)[C@H]1CCc1ccncc1. The Morgan fingerprint density at radius 1 is 1.00 bits per heavy atom. The summed E-state index contributed by atoms with van der Waals surface area (Å²) in [5.74, 6) is -0.409. The van der Waals surface area contributed by atoms with Crippen molar-refractivity contribution < 1.29 is 19.1 Å². The highest BCUT2D eigenvalue weighted by atomic mass is 16.6. The molecule has 1 saturated heterocycles. The van der Waals surface area contributed by atoms with Gasteiger partial charge in [-0.1, -0.05) is 48.5 Å². The molecule has 156 valence electrons. The number of amides is 1. The van der Waals surface area contributed by atoms with Gasteiger partial charge in [-0.15, -0.1) is 0 Å². The number of esters is 1. The van der Waals surface area contributed by atoms with Gasteiger partial charge in [0.25, 0.3) is 0 Å². The van der Waals surface area contributed by atoms with E-state index in [1.807, 2.05) is 36.4 Å². The predicted molar refractivity (Wildman–Crippen MR) is 114 cm³/mol. The molecule has 2 aliphatic rings. The summed E-state index contributed by atoms with van der Waals surface area (Å²) in [5, 5.41) is 0. The van der Waals surface area contributed by atoms with Crippen molar-refractivity contribution in [3.63, 3.8) is 0 Å². The van der Waals surface area contributed by atoms with Crippen LogP contribution in [0.3, 0.4) is 0 Å². The van der Waals surface area contributed by atoms with Crippen molar-refractivity contribution in [3.05, 3.63) is 89.7 Å². The van der Waals surface area contributed by atoms with E-state index in [9.17, 15) is 9.59 Å². The molecule has 1 atom stereocenters. The maximum atomic E-state index is 12.9. The minimum Gasteiger partial charge on any atom is -0.448 e. The van der Waals surface area contributed by atoms with Crippen LogP contribution in [0.2, 0.25) is 0 Å². The van der Waals surface area contributed by atoms with Gasteiger partial charge in [-0.05, 0) is 52.8 Å². The number of rotatable bonds is 5. The summed E-state index contributed by atoms with van der Waals surface area (Å²) in [4.78, 5) is 30.5. The molecule has 1 aromatic heterocycles. The number of fused-ring (bicyclic) bond motifs is 3. The number of carbonyl (C=O) groups excluding carboxylic acids is 2. The first-order chi connectivity index (χ1) is 15.2. The molecule has 6 nitrogen and oxygen atoms in total. The van der Waals surface area contributed by atoms with Gasteiger partial charge < -0.3 is 9.47 Å². The van der Waals surface area contributed by atoms with Crippen LogP contribution in [0.4, 0.5) is 4.79 Å². The monoisotopic (exact) mass is 414 g/mol. The van der Waals surface area contributed by atoms with Crippen LogP contribution in [0.5, 0.6) is 0 Å². The summed E-state index contributed by atoms with van der Waals surface area (Å²) >= 11 is 0. The fourth-order valence-electron chi connectivity index (χ4n) is 4.43. The lowest BCUT2D eigenvalue weighted by atomic mass is 9.98. The molecule has 2 aromatic carbocycles. The third-order valence-electron chi connectivity index (χ3n) is 6.02. The molecule has 0 spiro atoms. The van der Waals surface area contributed by atoms with Gasteiger partial charge in [0.15, 0.2) is 6.73 Å². The number of benzene rings is 2. The number of aromatic nitrogens is 1. The maximum Gasteiger partial charge on any atom is 0.413 e. The second-order valence-electron chi connectivity index (χ2n) is 7.78. The Kier molecular flexibility index (Phi) is 5.12. The molecule has 0 unspecified atom stereocenters. The van der Waals surface area contributed by atoms with Crippen LogP contribution < -0.4 is 0 Å². The summed E-state index contributed by atoms with van der Waals surface area (Å²) in [6.45, 7) is 0.144. The minimum absolute atomic E-state index is 0.0224. The van der Waals surface area contributed by atoms with E-state index in [1.165, 1.54) is 16.0 Å². The number of ether oxygens (including phenoxy) is 2. The molecule has 1 aliphatic heterocycles. The summed E-state index contributed by atoms with van der Waals surface area (Å²) in [6, 6.07) is 19.6. The fraction of sp³-hybridized carbons (Fsp3) is 0.240.